The van der Waals surface area contributed by atoms with Gasteiger partial charge < -0.3 is 139 Å². The van der Waals surface area contributed by atoms with Crippen molar-refractivity contribution in [2.75, 3.05) is 45.6 Å². The molecule has 142 heavy (non-hydrogen) atoms. The molecule has 0 spiro atoms. The van der Waals surface area contributed by atoms with Gasteiger partial charge in [0, 0.05) is 28.4 Å². The summed E-state index contributed by atoms with van der Waals surface area (Å²) in [5, 5.41) is 31.5. The van der Waals surface area contributed by atoms with Gasteiger partial charge in [0.05, 0.1) is 37.2 Å². The normalized spacial score (nSPS) is 27.1. The molecule has 0 bridgehead atoms. The molecule has 48 heteroatoms. The molecule has 6 aromatic heterocycles. The summed E-state index contributed by atoms with van der Waals surface area (Å²) in [5.41, 5.74) is 21.9. The SMILES string of the molecule is C.C=C1[C@@H](n2cnc3c(Cl)nc(N)nc32)C(=O)[C@H](OC)[C@H]1O[Si](C)(C)C(C)(C)C.C=C1[C@@H](n2cnc3c(Cl)nc(N)nc32)[C@H](O)[C@H](OC)[C@H]1O[Si](C)(C)C(C)(C)C.C=C1[C@@H]2O[C@@H]2[C@H](OC)[C@H]1O[Si](C)(C)C(C)(C)C.CC(C)(C)[Si](C)(C)O[C@H]1C(=O)C=C[C@@H]1O.CC(C)(C)[Si](C)(C)O[C@H]1C(=O)[C@@H]2O[C@@H]2[C@@H]1O.CO[C@H]1[C@H]2O[C@H]2C(=O)[C@@H]1O[Si](C)(C)C(C)(C)C.Nc1nc(Cl)c2[nH]cnc2n1.[Br-].[CH2-]CCC.[CH3-].[H-].[Li+].[Mg+2].[Na+]. The van der Waals surface area contributed by atoms with E-state index < -0.39 is 129 Å². The van der Waals surface area contributed by atoms with Crippen molar-refractivity contribution in [2.45, 2.75) is 389 Å². The summed E-state index contributed by atoms with van der Waals surface area (Å²) >= 11 is 18.0. The smallest absolute Gasteiger partial charge is 1.00 e. The Morgan fingerprint density at radius 2 is 0.817 bits per heavy atom. The Hall–Kier alpha value is -2.94. The number of nitrogens with one attached hydrogen (secondary N) is 1. The number of ketones is 4. The minimum Gasteiger partial charge on any atom is -1.00 e. The largest absolute Gasteiger partial charge is 2.00 e. The van der Waals surface area contributed by atoms with Crippen LogP contribution in [0.4, 0.5) is 17.8 Å². The Morgan fingerprint density at radius 3 is 1.21 bits per heavy atom. The molecule has 3 aliphatic heterocycles. The number of epoxide rings is 3. The number of methoxy groups -OCH3 is 4. The number of hydrogen-bond donors (Lipinski definition) is 7. The van der Waals surface area contributed by atoms with Crippen LogP contribution in [0.5, 0.6) is 0 Å². The van der Waals surface area contributed by atoms with Gasteiger partial charge in [0.15, 0.2) is 105 Å². The van der Waals surface area contributed by atoms with E-state index in [1.807, 2.05) is 0 Å². The second-order valence-electron chi connectivity index (χ2n) is 44.8. The van der Waals surface area contributed by atoms with E-state index in [4.69, 9.17) is 112 Å². The number of halogens is 4. The maximum Gasteiger partial charge on any atom is 2.00 e. The van der Waals surface area contributed by atoms with Crippen molar-refractivity contribution in [3.63, 3.8) is 0 Å². The van der Waals surface area contributed by atoms with Gasteiger partial charge in [-0.25, -0.2) is 15.0 Å². The number of nitrogens with two attached hydrogens (primary N) is 3. The zero-order valence-corrected chi connectivity index (χ0v) is 104. The van der Waals surface area contributed by atoms with Crippen LogP contribution in [0.15, 0.2) is 67.6 Å². The molecule has 0 radical (unpaired) electrons. The van der Waals surface area contributed by atoms with E-state index in [-0.39, 0.29) is 235 Å². The third-order valence-corrected chi connectivity index (χ3v) is 56.6. The fraction of sp³-hybridized carbons (Fsp3) is 0.691. The van der Waals surface area contributed by atoms with Gasteiger partial charge in [-0.3, -0.25) is 19.2 Å². The van der Waals surface area contributed by atoms with Gasteiger partial charge >= 0.3 is 71.5 Å². The molecule has 6 aliphatic carbocycles. The number of nitrogen functional groups attached to an aromatic ring is 3. The van der Waals surface area contributed by atoms with Crippen molar-refractivity contribution in [1.82, 2.24) is 59.0 Å². The number of aromatic nitrogens is 12. The predicted molar refractivity (Wildman–Crippen MR) is 565 cm³/mol. The second kappa shape index (κ2) is 51.2. The first-order valence-electron chi connectivity index (χ1n) is 45.9. The number of unbranched alkanes of at least 4 members (excludes halogenated alkanes) is 1. The summed E-state index contributed by atoms with van der Waals surface area (Å²) in [4.78, 5) is 87.5. The molecule has 0 unspecified atom stereocenters. The van der Waals surface area contributed by atoms with Crippen LogP contribution in [0.1, 0.15) is 165 Å². The van der Waals surface area contributed by atoms with Gasteiger partial charge in [-0.1, -0.05) is 200 Å². The fourth-order valence-electron chi connectivity index (χ4n) is 14.2. The summed E-state index contributed by atoms with van der Waals surface area (Å²) in [5.74, 6) is -0.123. The Bertz CT molecular complexity index is 5290. The van der Waals surface area contributed by atoms with Crippen molar-refractivity contribution in [1.29, 1.82) is 0 Å². The van der Waals surface area contributed by atoms with E-state index in [0.717, 1.165) is 12.0 Å². The van der Waals surface area contributed by atoms with Crippen LogP contribution in [0, 0.1) is 14.4 Å². The molecule has 6 aromatic rings. The summed E-state index contributed by atoms with van der Waals surface area (Å²) in [6.07, 6.45) is 2.39. The van der Waals surface area contributed by atoms with Crippen LogP contribution >= 0.6 is 34.8 Å². The first-order valence-corrected chi connectivity index (χ1v) is 64.5. The number of hydrogen-bond acceptors (Lipinski definition) is 32. The van der Waals surface area contributed by atoms with Crippen LogP contribution in [-0.4, -0.2) is 315 Å². The van der Waals surface area contributed by atoms with Crippen molar-refractivity contribution >= 4 is 182 Å². The molecule has 9 aliphatic rings. The van der Waals surface area contributed by atoms with Gasteiger partial charge in [-0.2, -0.15) is 36.3 Å². The molecule has 0 aromatic carbocycles. The average Bonchev–Trinajstić information content (AvgIpc) is 1.59. The quantitative estimate of drug-likeness (QED) is 0.0135. The van der Waals surface area contributed by atoms with Crippen LogP contribution in [0.2, 0.25) is 124 Å². The first-order chi connectivity index (χ1) is 62.1. The van der Waals surface area contributed by atoms with E-state index >= 15 is 0 Å². The summed E-state index contributed by atoms with van der Waals surface area (Å²) in [6, 6.07) is -1.26. The van der Waals surface area contributed by atoms with Crippen molar-refractivity contribution in [3.8, 4) is 0 Å². The van der Waals surface area contributed by atoms with Gasteiger partial charge in [0.25, 0.3) is 0 Å². The minimum atomic E-state index is -2.17. The number of fused-ring (bicyclic) bond motifs is 6. The third-order valence-electron chi connectivity index (χ3n) is 29.0. The molecule has 35 nitrogen and oxygen atoms in total. The molecule has 10 N–H and O–H groups in total. The third kappa shape index (κ3) is 30.4. The topological polar surface area (TPSA) is 479 Å². The molecule has 8 fully saturated rings. The summed E-state index contributed by atoms with van der Waals surface area (Å²) < 4.78 is 78.6. The number of anilines is 3. The van der Waals surface area contributed by atoms with Crippen molar-refractivity contribution in [3.05, 3.63) is 97.4 Å². The molecule has 21 atom stereocenters. The maximum absolute atomic E-state index is 13.2. The molecular formula is C94H161BrCl3LiMgN15NaO20Si6. The number of ether oxygens (including phenoxy) is 7. The molecule has 5 saturated carbocycles. The van der Waals surface area contributed by atoms with Crippen LogP contribution in [0.25, 0.3) is 33.5 Å². The Labute approximate surface area is 925 Å². The summed E-state index contributed by atoms with van der Waals surface area (Å²) in [6.45, 7) is 82.8. The van der Waals surface area contributed by atoms with Gasteiger partial charge in [-0.15, -0.1) is 0 Å². The van der Waals surface area contributed by atoms with E-state index in [1.165, 1.54) is 38.3 Å². The van der Waals surface area contributed by atoms with Crippen molar-refractivity contribution < 1.29 is 161 Å². The Kier molecular flexibility index (Phi) is 48.7. The zero-order chi connectivity index (χ0) is 103. The van der Waals surface area contributed by atoms with E-state index in [9.17, 15) is 34.5 Å². The predicted octanol–water partition coefficient (Wildman–Crippen LogP) is 7.56. The average molecular weight is 2230 g/mol. The number of imidazole rings is 3. The number of carbonyl (C=O) groups is 4. The molecule has 15 rings (SSSR count). The molecule has 0 amide bonds. The monoisotopic (exact) mass is 2230 g/mol. The second-order valence-corrected chi connectivity index (χ2v) is 74.5. The van der Waals surface area contributed by atoms with Gasteiger partial charge in [-0.05, 0) is 138 Å². The number of rotatable bonds is 19. The van der Waals surface area contributed by atoms with Crippen molar-refractivity contribution in [2.24, 2.45) is 0 Å². The number of aliphatic hydroxyl groups excluding tert-OH is 3. The zero-order valence-electron chi connectivity index (χ0n) is 91.4. The maximum atomic E-state index is 13.2. The van der Waals surface area contributed by atoms with Gasteiger partial charge in [0.1, 0.15) is 126 Å². The Morgan fingerprint density at radius 1 is 0.472 bits per heavy atom. The van der Waals surface area contributed by atoms with E-state index in [2.05, 4.69) is 287 Å². The molecule has 788 valence electrons. The van der Waals surface area contributed by atoms with E-state index in [0.29, 0.717) is 49.8 Å². The van der Waals surface area contributed by atoms with Gasteiger partial charge in [0.2, 0.25) is 17.8 Å². The number of H-pyrrole nitrogens is 1. The number of aromatic amines is 1. The van der Waals surface area contributed by atoms with E-state index in [1.54, 1.807) is 36.8 Å². The van der Waals surface area contributed by atoms with Crippen LogP contribution in [0.3, 0.4) is 0 Å². The van der Waals surface area contributed by atoms with Crippen LogP contribution in [-0.2, 0) is 78.9 Å². The number of aliphatic hydroxyl groups is 3. The Balaban J connectivity index is 0.000000837. The molecule has 3 saturated heterocycles. The first kappa shape index (κ1) is 135. The summed E-state index contributed by atoms with van der Waals surface area (Å²) in [7, 11) is -5.57. The van der Waals surface area contributed by atoms with Crippen LogP contribution < -0.4 is 82.6 Å². The standard InChI is InChI=1S/C18H28ClN5O3Si.C18H26ClN5O3Si.C13H24O3Si.C12H22O4Si.C11H20O4Si.C11H20O3Si.C5H4ClN5.C4H9.CH4.CH3.BrH.Li.Mg.Na.H/c2*1-9-11(24-8-21-10-15(19)22-17(20)23-16(10)24)12(25)14(26-5)13(9)27-28(6,7)18(2,3)4;1-8-9-12(15-9)11(14-5)10(8)16-17(6,7)13(2,3)4;1-12(2,3)17(5,6)16-9-7(13)8-11(15-8)10(9)14-4;1-11(2,3)16(4,5)15-8-6(12)9-10(14-9)7(8)13;1-11(2,3)15(4,5)14-10-8(12)6-7-9(10)13;6-3-2-4(9-1-8-2)11-5(7)10-3;1-3-4-2;;;;;;;/h8,11-14,25H,1H2,2-7H3,(H2,20,22,23);8,11,13-14H,1H2,2-7H3,(H2,20,22,23);9-12H,1H2,2-7H3;8-11H,1-6H3;6,8-10,12H,1-5H3;6-8,10,12H,1-5H3;1H,(H3,7,8,9,10,11);1,3-4H2,2H3;1H4;1H3;1H;;;;/q;;;;;;;-1;;-1;;+1;+2;+1;-1/p-1/t11-,12+,13+,14+;11-,13+,14+;9-,10-,11+,12-;8-,9-,10+,11-;6-,8-,9-,10+;8-,10+;;;;;;;;;/m110010........./s1. The molecule has 9 heterocycles. The molecular weight excluding hydrogens is 2070 g/mol. The minimum absolute atomic E-state index is 0. The number of carbonyl (C=O) groups excluding carboxylic acids is 4. The fourth-order valence-corrected chi connectivity index (χ4v) is 22.4. The number of nitrogens with zero attached hydrogens (tertiary/aromatic N) is 11. The number of Topliss-reactive ketones (excluding diaryl/α,β-unsaturated/α-hetero) is 3.